The van der Waals surface area contributed by atoms with Gasteiger partial charge >= 0.3 is 0 Å². The standard InChI is InChI=1S/C12H24N4S/c1-2-15-4-3-11(10-15)9-14-12(13)16-5-7-17-8-6-16/h11H,2-10H2,1H3,(H2,13,14). The van der Waals surface area contributed by atoms with E-state index in [1.807, 2.05) is 11.8 Å². The van der Waals surface area contributed by atoms with Crippen molar-refractivity contribution in [2.45, 2.75) is 13.3 Å². The van der Waals surface area contributed by atoms with Crippen LogP contribution in [0.4, 0.5) is 0 Å². The molecule has 1 unspecified atom stereocenters. The number of guanidine groups is 1. The van der Waals surface area contributed by atoms with Crippen LogP contribution in [0.15, 0.2) is 4.99 Å². The van der Waals surface area contributed by atoms with E-state index in [9.17, 15) is 0 Å². The maximum Gasteiger partial charge on any atom is 0.191 e. The molecular formula is C12H24N4S. The van der Waals surface area contributed by atoms with Gasteiger partial charge in [0, 0.05) is 37.7 Å². The quantitative estimate of drug-likeness (QED) is 0.596. The normalized spacial score (nSPS) is 27.7. The van der Waals surface area contributed by atoms with E-state index in [1.54, 1.807) is 0 Å². The zero-order valence-electron chi connectivity index (χ0n) is 10.8. The molecule has 2 aliphatic heterocycles. The van der Waals surface area contributed by atoms with Crippen molar-refractivity contribution in [2.75, 3.05) is 50.8 Å². The fourth-order valence-corrected chi connectivity index (χ4v) is 3.37. The van der Waals surface area contributed by atoms with Gasteiger partial charge in [0.15, 0.2) is 5.96 Å². The number of rotatable bonds is 3. The molecule has 17 heavy (non-hydrogen) atoms. The Kier molecular flexibility index (Phi) is 4.98. The number of nitrogens with zero attached hydrogens (tertiary/aromatic N) is 3. The van der Waals surface area contributed by atoms with Gasteiger partial charge in [0.1, 0.15) is 0 Å². The molecule has 0 bridgehead atoms. The molecule has 2 N–H and O–H groups in total. The first kappa shape index (κ1) is 13.0. The second kappa shape index (κ2) is 6.50. The largest absolute Gasteiger partial charge is 0.370 e. The first-order valence-corrected chi connectivity index (χ1v) is 7.80. The van der Waals surface area contributed by atoms with E-state index < -0.39 is 0 Å². The summed E-state index contributed by atoms with van der Waals surface area (Å²) in [5, 5.41) is 0. The summed E-state index contributed by atoms with van der Waals surface area (Å²) in [6.45, 7) is 8.86. The minimum Gasteiger partial charge on any atom is -0.370 e. The van der Waals surface area contributed by atoms with Gasteiger partial charge in [-0.15, -0.1) is 0 Å². The van der Waals surface area contributed by atoms with Gasteiger partial charge in [-0.3, -0.25) is 4.99 Å². The molecule has 0 spiro atoms. The van der Waals surface area contributed by atoms with Gasteiger partial charge in [-0.1, -0.05) is 6.92 Å². The summed E-state index contributed by atoms with van der Waals surface area (Å²) < 4.78 is 0. The Morgan fingerprint density at radius 1 is 1.35 bits per heavy atom. The van der Waals surface area contributed by atoms with Crippen molar-refractivity contribution in [3.63, 3.8) is 0 Å². The monoisotopic (exact) mass is 256 g/mol. The van der Waals surface area contributed by atoms with Gasteiger partial charge < -0.3 is 15.5 Å². The van der Waals surface area contributed by atoms with Gasteiger partial charge in [-0.05, 0) is 25.4 Å². The molecule has 0 saturated carbocycles. The molecule has 98 valence electrons. The molecule has 0 aromatic carbocycles. The van der Waals surface area contributed by atoms with Crippen LogP contribution < -0.4 is 5.73 Å². The van der Waals surface area contributed by atoms with Crippen LogP contribution in [0.1, 0.15) is 13.3 Å². The van der Waals surface area contributed by atoms with E-state index >= 15 is 0 Å². The summed E-state index contributed by atoms with van der Waals surface area (Å²) in [5.41, 5.74) is 6.05. The molecule has 0 aromatic rings. The van der Waals surface area contributed by atoms with Crippen molar-refractivity contribution in [3.8, 4) is 0 Å². The highest BCUT2D eigenvalue weighted by Gasteiger charge is 2.21. The van der Waals surface area contributed by atoms with Crippen LogP contribution in [0.3, 0.4) is 0 Å². The average Bonchev–Trinajstić information content (AvgIpc) is 2.85. The second-order valence-corrected chi connectivity index (χ2v) is 6.07. The third-order valence-electron chi connectivity index (χ3n) is 3.66. The molecule has 0 aliphatic carbocycles. The van der Waals surface area contributed by atoms with Gasteiger partial charge in [0.2, 0.25) is 0 Å². The Morgan fingerprint density at radius 2 is 2.12 bits per heavy atom. The minimum absolute atomic E-state index is 0.715. The Bertz CT molecular complexity index is 263. The smallest absolute Gasteiger partial charge is 0.191 e. The predicted molar refractivity (Wildman–Crippen MR) is 75.6 cm³/mol. The van der Waals surface area contributed by atoms with Gasteiger partial charge in [-0.25, -0.2) is 0 Å². The fraction of sp³-hybridized carbons (Fsp3) is 0.917. The molecule has 5 heteroatoms. The SMILES string of the molecule is CCN1CCC(CN=C(N)N2CCSCC2)C1. The number of nitrogens with two attached hydrogens (primary N) is 1. The predicted octanol–water partition coefficient (Wildman–Crippen LogP) is 0.692. The van der Waals surface area contributed by atoms with E-state index in [1.165, 1.54) is 37.6 Å². The molecule has 2 heterocycles. The molecule has 1 atom stereocenters. The summed E-state index contributed by atoms with van der Waals surface area (Å²) in [6.07, 6.45) is 1.28. The maximum absolute atomic E-state index is 6.05. The number of thioether (sulfide) groups is 1. The zero-order chi connectivity index (χ0) is 12.1. The van der Waals surface area contributed by atoms with Crippen LogP contribution in [0.25, 0.3) is 0 Å². The summed E-state index contributed by atoms with van der Waals surface area (Å²) in [6, 6.07) is 0. The maximum atomic E-state index is 6.05. The van der Waals surface area contributed by atoms with Crippen LogP contribution in [0.2, 0.25) is 0 Å². The summed E-state index contributed by atoms with van der Waals surface area (Å²) >= 11 is 2.00. The van der Waals surface area contributed by atoms with Gasteiger partial charge in [0.05, 0.1) is 0 Å². The van der Waals surface area contributed by atoms with Crippen LogP contribution >= 0.6 is 11.8 Å². The van der Waals surface area contributed by atoms with E-state index in [0.29, 0.717) is 5.92 Å². The fourth-order valence-electron chi connectivity index (χ4n) is 2.46. The van der Waals surface area contributed by atoms with Crippen LogP contribution in [0.5, 0.6) is 0 Å². The Labute approximate surface area is 109 Å². The van der Waals surface area contributed by atoms with Crippen molar-refractivity contribution in [1.82, 2.24) is 9.80 Å². The van der Waals surface area contributed by atoms with Crippen molar-refractivity contribution < 1.29 is 0 Å². The molecule has 0 radical (unpaired) electrons. The molecule has 0 amide bonds. The number of hydrogen-bond donors (Lipinski definition) is 1. The van der Waals surface area contributed by atoms with E-state index in [2.05, 4.69) is 21.7 Å². The highest BCUT2D eigenvalue weighted by atomic mass is 32.2. The lowest BCUT2D eigenvalue weighted by Crippen LogP contribution is -2.43. The summed E-state index contributed by atoms with van der Waals surface area (Å²) in [5.74, 6) is 3.85. The summed E-state index contributed by atoms with van der Waals surface area (Å²) in [7, 11) is 0. The highest BCUT2D eigenvalue weighted by molar-refractivity contribution is 7.99. The molecule has 2 aliphatic rings. The van der Waals surface area contributed by atoms with Gasteiger partial charge in [0.25, 0.3) is 0 Å². The Morgan fingerprint density at radius 3 is 2.76 bits per heavy atom. The first-order chi connectivity index (χ1) is 8.29. The average molecular weight is 256 g/mol. The van der Waals surface area contributed by atoms with Crippen LogP contribution in [-0.2, 0) is 0 Å². The number of aliphatic imine (C=N–C) groups is 1. The van der Waals surface area contributed by atoms with E-state index in [4.69, 9.17) is 5.73 Å². The van der Waals surface area contributed by atoms with E-state index in [-0.39, 0.29) is 0 Å². The lowest BCUT2D eigenvalue weighted by Gasteiger charge is -2.27. The van der Waals surface area contributed by atoms with Gasteiger partial charge in [-0.2, -0.15) is 11.8 Å². The first-order valence-electron chi connectivity index (χ1n) is 6.64. The number of hydrogen-bond acceptors (Lipinski definition) is 3. The third-order valence-corrected chi connectivity index (χ3v) is 4.61. The molecule has 0 aromatic heterocycles. The molecule has 2 fully saturated rings. The van der Waals surface area contributed by atoms with Crippen molar-refractivity contribution in [3.05, 3.63) is 0 Å². The highest BCUT2D eigenvalue weighted by Crippen LogP contribution is 2.16. The minimum atomic E-state index is 0.715. The Balaban J connectivity index is 1.75. The van der Waals surface area contributed by atoms with Crippen LogP contribution in [0, 0.1) is 5.92 Å². The summed E-state index contributed by atoms with van der Waals surface area (Å²) in [4.78, 5) is 9.30. The molecule has 4 nitrogen and oxygen atoms in total. The lowest BCUT2D eigenvalue weighted by atomic mass is 10.1. The molecule has 2 rings (SSSR count). The zero-order valence-corrected chi connectivity index (χ0v) is 11.6. The lowest BCUT2D eigenvalue weighted by molar-refractivity contribution is 0.343. The molecule has 2 saturated heterocycles. The Hall–Kier alpha value is -0.420. The second-order valence-electron chi connectivity index (χ2n) is 4.85. The van der Waals surface area contributed by atoms with E-state index in [0.717, 1.165) is 25.6 Å². The number of likely N-dealkylation sites (tertiary alicyclic amines) is 1. The molecular weight excluding hydrogens is 232 g/mol. The topological polar surface area (TPSA) is 44.9 Å². The van der Waals surface area contributed by atoms with Crippen molar-refractivity contribution in [2.24, 2.45) is 16.6 Å². The van der Waals surface area contributed by atoms with Crippen molar-refractivity contribution >= 4 is 17.7 Å². The van der Waals surface area contributed by atoms with Crippen LogP contribution in [-0.4, -0.2) is 66.5 Å². The third kappa shape index (κ3) is 3.78. The van der Waals surface area contributed by atoms with Crippen molar-refractivity contribution in [1.29, 1.82) is 0 Å².